The maximum absolute atomic E-state index is 4.03. The molecule has 68 valence electrons. The molecule has 0 aromatic carbocycles. The van der Waals surface area contributed by atoms with Crippen molar-refractivity contribution in [3.63, 3.8) is 0 Å². The van der Waals surface area contributed by atoms with Crippen LogP contribution < -0.4 is 0 Å². The van der Waals surface area contributed by atoms with Crippen molar-refractivity contribution in [3.8, 4) is 5.82 Å². The average Bonchev–Trinajstić information content (AvgIpc) is 2.71. The molecule has 0 radical (unpaired) electrons. The number of rotatable bonds is 2. The van der Waals surface area contributed by atoms with Gasteiger partial charge in [0.1, 0.15) is 18.0 Å². The van der Waals surface area contributed by atoms with Crippen molar-refractivity contribution in [1.82, 2.24) is 19.3 Å². The van der Waals surface area contributed by atoms with E-state index in [2.05, 4.69) is 17.1 Å². The van der Waals surface area contributed by atoms with Crippen LogP contribution in [0, 0.1) is 0 Å². The fraction of sp³-hybridized carbons (Fsp3) is 0.333. The van der Waals surface area contributed by atoms with Crippen molar-refractivity contribution in [2.45, 2.75) is 13.3 Å². The summed E-state index contributed by atoms with van der Waals surface area (Å²) in [7, 11) is 2.01. The Morgan fingerprint density at radius 3 is 2.92 bits per heavy atom. The highest BCUT2D eigenvalue weighted by molar-refractivity contribution is 5.25. The largest absolute Gasteiger partial charge is 0.337 e. The Morgan fingerprint density at radius 2 is 2.31 bits per heavy atom. The molecule has 2 aromatic rings. The Hall–Kier alpha value is -1.58. The Kier molecular flexibility index (Phi) is 1.88. The van der Waals surface area contributed by atoms with Gasteiger partial charge in [-0.05, 0) is 12.1 Å². The minimum atomic E-state index is 0.894. The van der Waals surface area contributed by atoms with Gasteiger partial charge in [-0.2, -0.15) is 0 Å². The Bertz CT molecular complexity index is 399. The minimum absolute atomic E-state index is 0.894. The molecule has 0 saturated heterocycles. The van der Waals surface area contributed by atoms with E-state index in [1.807, 2.05) is 34.5 Å². The van der Waals surface area contributed by atoms with E-state index in [1.54, 1.807) is 6.33 Å². The summed E-state index contributed by atoms with van der Waals surface area (Å²) in [4.78, 5) is 0. The molecule has 0 aliphatic carbocycles. The second kappa shape index (κ2) is 3.05. The summed E-state index contributed by atoms with van der Waals surface area (Å²) in [6, 6.07) is 4.05. The van der Waals surface area contributed by atoms with E-state index in [1.165, 1.54) is 0 Å². The maximum Gasteiger partial charge on any atom is 0.138 e. The second-order valence-corrected chi connectivity index (χ2v) is 2.95. The van der Waals surface area contributed by atoms with Crippen molar-refractivity contribution in [1.29, 1.82) is 0 Å². The number of hydrogen-bond donors (Lipinski definition) is 0. The van der Waals surface area contributed by atoms with Crippen LogP contribution in [0.4, 0.5) is 0 Å². The second-order valence-electron chi connectivity index (χ2n) is 2.95. The molecule has 0 N–H and O–H groups in total. The smallest absolute Gasteiger partial charge is 0.138 e. The molecule has 0 aliphatic heterocycles. The van der Waals surface area contributed by atoms with Gasteiger partial charge < -0.3 is 4.57 Å². The van der Waals surface area contributed by atoms with Crippen LogP contribution in [-0.2, 0) is 13.5 Å². The third-order valence-electron chi connectivity index (χ3n) is 2.10. The number of aromatic nitrogens is 4. The van der Waals surface area contributed by atoms with Gasteiger partial charge in [0.15, 0.2) is 0 Å². The van der Waals surface area contributed by atoms with Crippen LogP contribution in [0.15, 0.2) is 24.7 Å². The summed E-state index contributed by atoms with van der Waals surface area (Å²) >= 11 is 0. The fourth-order valence-electron chi connectivity index (χ4n) is 1.39. The topological polar surface area (TPSA) is 35.6 Å². The summed E-state index contributed by atoms with van der Waals surface area (Å²) in [6.07, 6.45) is 4.65. The van der Waals surface area contributed by atoms with Crippen molar-refractivity contribution >= 4 is 0 Å². The number of nitrogens with zero attached hydrogens (tertiary/aromatic N) is 4. The monoisotopic (exact) mass is 176 g/mol. The quantitative estimate of drug-likeness (QED) is 0.688. The minimum Gasteiger partial charge on any atom is -0.337 e. The van der Waals surface area contributed by atoms with Gasteiger partial charge in [0.25, 0.3) is 0 Å². The zero-order valence-electron chi connectivity index (χ0n) is 7.81. The molecule has 2 aromatic heterocycles. The lowest BCUT2D eigenvalue weighted by Crippen LogP contribution is -2.03. The highest BCUT2D eigenvalue weighted by Crippen LogP contribution is 2.09. The summed E-state index contributed by atoms with van der Waals surface area (Å²) in [5.41, 5.74) is 0. The Morgan fingerprint density at radius 1 is 1.46 bits per heavy atom. The Balaban J connectivity index is 2.52. The van der Waals surface area contributed by atoms with Crippen LogP contribution in [-0.4, -0.2) is 19.3 Å². The molecule has 4 nitrogen and oxygen atoms in total. The first kappa shape index (κ1) is 8.04. The van der Waals surface area contributed by atoms with Crippen LogP contribution >= 0.6 is 0 Å². The van der Waals surface area contributed by atoms with Gasteiger partial charge in [0, 0.05) is 19.7 Å². The zero-order chi connectivity index (χ0) is 9.26. The number of aryl methyl sites for hydroxylation is 2. The van der Waals surface area contributed by atoms with E-state index >= 15 is 0 Å². The molecule has 0 bridgehead atoms. The van der Waals surface area contributed by atoms with E-state index in [9.17, 15) is 0 Å². The van der Waals surface area contributed by atoms with E-state index in [4.69, 9.17) is 0 Å². The molecule has 0 amide bonds. The summed E-state index contributed by atoms with van der Waals surface area (Å²) in [6.45, 7) is 2.07. The zero-order valence-corrected chi connectivity index (χ0v) is 7.81. The molecular weight excluding hydrogens is 164 g/mol. The third kappa shape index (κ3) is 1.24. The number of hydrogen-bond acceptors (Lipinski definition) is 2. The summed E-state index contributed by atoms with van der Waals surface area (Å²) in [5, 5.41) is 7.92. The van der Waals surface area contributed by atoms with Gasteiger partial charge in [-0.25, -0.2) is 0 Å². The first-order valence-corrected chi connectivity index (χ1v) is 4.33. The van der Waals surface area contributed by atoms with Crippen molar-refractivity contribution in [2.75, 3.05) is 0 Å². The molecule has 0 unspecified atom stereocenters. The third-order valence-corrected chi connectivity index (χ3v) is 2.10. The molecule has 0 saturated carbocycles. The summed E-state index contributed by atoms with van der Waals surface area (Å²) < 4.78 is 4.04. The van der Waals surface area contributed by atoms with E-state index in [0.717, 1.165) is 18.1 Å². The molecule has 0 atom stereocenters. The van der Waals surface area contributed by atoms with Crippen LogP contribution in [0.2, 0.25) is 0 Å². The SMILES string of the molecule is CCc1nncn1-c1cccn1C. The summed E-state index contributed by atoms with van der Waals surface area (Å²) in [5.74, 6) is 2.09. The van der Waals surface area contributed by atoms with Gasteiger partial charge in [-0.3, -0.25) is 4.57 Å². The van der Waals surface area contributed by atoms with Crippen LogP contribution in [0.25, 0.3) is 5.82 Å². The molecule has 0 aliphatic rings. The normalized spacial score (nSPS) is 10.6. The van der Waals surface area contributed by atoms with Crippen molar-refractivity contribution < 1.29 is 0 Å². The van der Waals surface area contributed by atoms with Crippen LogP contribution in [0.3, 0.4) is 0 Å². The predicted molar refractivity (Wildman–Crippen MR) is 49.7 cm³/mol. The highest BCUT2D eigenvalue weighted by Gasteiger charge is 2.05. The molecule has 4 heteroatoms. The first-order valence-electron chi connectivity index (χ1n) is 4.33. The van der Waals surface area contributed by atoms with Gasteiger partial charge >= 0.3 is 0 Å². The predicted octanol–water partition coefficient (Wildman–Crippen LogP) is 1.17. The van der Waals surface area contributed by atoms with E-state index in [-0.39, 0.29) is 0 Å². The standard InChI is InChI=1S/C9H12N4/c1-3-8-11-10-7-13(8)9-5-4-6-12(9)2/h4-7H,3H2,1-2H3. The van der Waals surface area contributed by atoms with Crippen LogP contribution in [0.5, 0.6) is 0 Å². The maximum atomic E-state index is 4.03. The van der Waals surface area contributed by atoms with E-state index < -0.39 is 0 Å². The van der Waals surface area contributed by atoms with Gasteiger partial charge in [-0.15, -0.1) is 10.2 Å². The van der Waals surface area contributed by atoms with Gasteiger partial charge in [0.05, 0.1) is 0 Å². The molecule has 2 rings (SSSR count). The van der Waals surface area contributed by atoms with Crippen molar-refractivity contribution in [2.24, 2.45) is 7.05 Å². The average molecular weight is 176 g/mol. The molecule has 0 spiro atoms. The lowest BCUT2D eigenvalue weighted by atomic mass is 10.4. The molecule has 0 fully saturated rings. The fourth-order valence-corrected chi connectivity index (χ4v) is 1.39. The highest BCUT2D eigenvalue weighted by atomic mass is 15.3. The Labute approximate surface area is 76.8 Å². The molecule has 2 heterocycles. The van der Waals surface area contributed by atoms with Gasteiger partial charge in [0.2, 0.25) is 0 Å². The lowest BCUT2D eigenvalue weighted by Gasteiger charge is -2.05. The first-order chi connectivity index (χ1) is 6.33. The molecular formula is C9H12N4. The van der Waals surface area contributed by atoms with Crippen LogP contribution in [0.1, 0.15) is 12.7 Å². The van der Waals surface area contributed by atoms with Crippen molar-refractivity contribution in [3.05, 3.63) is 30.5 Å². The van der Waals surface area contributed by atoms with Gasteiger partial charge in [-0.1, -0.05) is 6.92 Å². The van der Waals surface area contributed by atoms with E-state index in [0.29, 0.717) is 0 Å². The lowest BCUT2D eigenvalue weighted by molar-refractivity contribution is 0.799. The molecule has 13 heavy (non-hydrogen) atoms.